The van der Waals surface area contributed by atoms with E-state index < -0.39 is 127 Å². The molecule has 12 N–H and O–H groups in total. The van der Waals surface area contributed by atoms with E-state index in [1.165, 1.54) is 6.08 Å². The fourth-order valence-electron chi connectivity index (χ4n) is 10.2. The number of rotatable bonds is 20. The van der Waals surface area contributed by atoms with Crippen LogP contribution < -0.4 is 21.3 Å². The van der Waals surface area contributed by atoms with E-state index in [2.05, 4.69) is 20.6 Å². The van der Waals surface area contributed by atoms with Gasteiger partial charge in [-0.05, 0) is 78.5 Å². The van der Waals surface area contributed by atoms with Gasteiger partial charge in [-0.25, -0.2) is 0 Å². The van der Waals surface area contributed by atoms with E-state index in [4.69, 9.17) is 0 Å². The third-order valence-corrected chi connectivity index (χ3v) is 12.9. The summed E-state index contributed by atoms with van der Waals surface area (Å²) in [6.45, 7) is 3.36. The number of carboxylic acid groups (broad SMARTS) is 8. The van der Waals surface area contributed by atoms with E-state index in [1.807, 2.05) is 0 Å². The Hall–Kier alpha value is -6.44. The second-order valence-corrected chi connectivity index (χ2v) is 17.0. The van der Waals surface area contributed by atoms with Crippen LogP contribution in [-0.4, -0.2) is 117 Å². The van der Waals surface area contributed by atoms with Gasteiger partial charge in [0, 0.05) is 88.3 Å². The summed E-state index contributed by atoms with van der Waals surface area (Å²) in [5, 5.41) is 87.3. The highest BCUT2D eigenvalue weighted by atomic mass is 16.4. The second-order valence-electron chi connectivity index (χ2n) is 17.0. The number of aromatic amines is 2. The first-order chi connectivity index (χ1) is 29.0. The van der Waals surface area contributed by atoms with E-state index in [0.717, 1.165) is 0 Å². The molecule has 0 aliphatic carbocycles. The summed E-state index contributed by atoms with van der Waals surface area (Å²) in [5.41, 5.74) is -0.925. The number of fused-ring (bicyclic) bond motifs is 8. The minimum absolute atomic E-state index is 0.0210. The molecule has 2 aromatic rings. The number of carboxylic acids is 8. The molecule has 336 valence electrons. The molecule has 62 heavy (non-hydrogen) atoms. The highest BCUT2D eigenvalue weighted by molar-refractivity contribution is 5.77. The molecule has 2 saturated heterocycles. The Bertz CT molecular complexity index is 2330. The normalized spacial score (nSPS) is 27.1. The zero-order valence-electron chi connectivity index (χ0n) is 34.2. The van der Waals surface area contributed by atoms with Crippen LogP contribution in [-0.2, 0) is 64.0 Å². The smallest absolute Gasteiger partial charge is 0.307 e. The van der Waals surface area contributed by atoms with Crippen LogP contribution in [0.3, 0.4) is 0 Å². The molecule has 0 amide bonds. The van der Waals surface area contributed by atoms with Gasteiger partial charge in [0.2, 0.25) is 0 Å². The van der Waals surface area contributed by atoms with Crippen LogP contribution in [0.25, 0.3) is 18.2 Å². The van der Waals surface area contributed by atoms with E-state index in [-0.39, 0.29) is 89.3 Å². The third kappa shape index (κ3) is 10.4. The van der Waals surface area contributed by atoms with Crippen molar-refractivity contribution < 1.29 is 79.2 Å². The summed E-state index contributed by atoms with van der Waals surface area (Å²) >= 11 is 0. The zero-order valence-corrected chi connectivity index (χ0v) is 34.2. The zero-order chi connectivity index (χ0) is 45.8. The monoisotopic (exact) mass is 868 g/mol. The third-order valence-electron chi connectivity index (χ3n) is 12.9. The lowest BCUT2D eigenvalue weighted by Crippen LogP contribution is -2.45. The van der Waals surface area contributed by atoms with Gasteiger partial charge >= 0.3 is 47.8 Å². The van der Waals surface area contributed by atoms with Gasteiger partial charge < -0.3 is 61.5 Å². The largest absolute Gasteiger partial charge is 0.481 e. The number of nitrogens with one attached hydrogen (secondary N) is 4. The Morgan fingerprint density at radius 3 is 1.68 bits per heavy atom. The first kappa shape index (κ1) is 46.6. The van der Waals surface area contributed by atoms with Crippen LogP contribution >= 0.6 is 0 Å². The van der Waals surface area contributed by atoms with Gasteiger partial charge in [-0.1, -0.05) is 13.8 Å². The minimum Gasteiger partial charge on any atom is -0.481 e. The first-order valence-corrected chi connectivity index (χ1v) is 20.2. The van der Waals surface area contributed by atoms with Crippen LogP contribution in [0.15, 0.2) is 5.70 Å². The highest BCUT2D eigenvalue weighted by Crippen LogP contribution is 2.52. The second kappa shape index (κ2) is 18.7. The molecule has 20 heteroatoms. The summed E-state index contributed by atoms with van der Waals surface area (Å²) in [7, 11) is 0. The maximum Gasteiger partial charge on any atom is 0.307 e. The predicted molar refractivity (Wildman–Crippen MR) is 215 cm³/mol. The Morgan fingerprint density at radius 2 is 1.11 bits per heavy atom. The Morgan fingerprint density at radius 1 is 0.581 bits per heavy atom. The summed E-state index contributed by atoms with van der Waals surface area (Å²) in [6, 6.07) is -2.40. The average molecular weight is 869 g/mol. The van der Waals surface area contributed by atoms with Crippen molar-refractivity contribution in [3.05, 3.63) is 50.0 Å². The van der Waals surface area contributed by atoms with Crippen LogP contribution in [0.4, 0.5) is 0 Å². The summed E-state index contributed by atoms with van der Waals surface area (Å²) in [5.74, 6) is -11.2. The summed E-state index contributed by atoms with van der Waals surface area (Å²) in [4.78, 5) is 104. The molecule has 0 radical (unpaired) electrons. The number of allylic oxidation sites excluding steroid dienone is 1. The lowest BCUT2D eigenvalue weighted by molar-refractivity contribution is -0.142. The van der Waals surface area contributed by atoms with Crippen molar-refractivity contribution in [3.63, 3.8) is 0 Å². The van der Waals surface area contributed by atoms with Crippen molar-refractivity contribution in [2.45, 2.75) is 115 Å². The molecule has 3 aliphatic rings. The standard InChI is InChI=1S/C42H52N4O16/c1-41(17-39(59)60)23(5-9-35(51)52)29-14-27-21(11-37(55)56)19(3-7-33(47)48)25(43-27)13-26-20(4-8-34(49)50)22(12-38(57)58)28(44-26)15-31-42(2,18-40(61)62)24(6-10-36(53)54)30(46-31)16-32(41)45-29/h13-15,23-24,30-32,43-46H,3-12,16-18H2,1-2H3,(H,47,48)(H,49,50)(H,51,52)(H,53,54)(H,55,56)(H,57,58)(H,59,60)(H,61,62)/b26-13-,28-15-,29-14+/t23-,24-,30?,31?,32?,41+,42+/m1/s1. The quantitative estimate of drug-likeness (QED) is 0.0890. The fourth-order valence-corrected chi connectivity index (χ4v) is 10.2. The molecule has 8 bridgehead atoms. The Kier molecular flexibility index (Phi) is 14.0. The van der Waals surface area contributed by atoms with E-state index >= 15 is 0 Å². The van der Waals surface area contributed by atoms with Gasteiger partial charge in [-0.3, -0.25) is 38.4 Å². The van der Waals surface area contributed by atoms with Crippen molar-refractivity contribution in [1.29, 1.82) is 0 Å². The van der Waals surface area contributed by atoms with Gasteiger partial charge in [0.05, 0.1) is 25.7 Å². The molecule has 3 unspecified atom stereocenters. The number of aromatic nitrogens is 2. The molecule has 7 atom stereocenters. The van der Waals surface area contributed by atoms with Crippen LogP contribution in [0.5, 0.6) is 0 Å². The van der Waals surface area contributed by atoms with Crippen molar-refractivity contribution in [1.82, 2.24) is 20.6 Å². The number of H-pyrrole nitrogens is 2. The first-order valence-electron chi connectivity index (χ1n) is 20.2. The summed E-state index contributed by atoms with van der Waals surface area (Å²) in [6.07, 6.45) is 0.418. The summed E-state index contributed by atoms with van der Waals surface area (Å²) < 4.78 is 0. The molecule has 0 aromatic carbocycles. The predicted octanol–water partition coefficient (Wildman–Crippen LogP) is 1.22. The van der Waals surface area contributed by atoms with Crippen molar-refractivity contribution >= 4 is 66.0 Å². The average Bonchev–Trinajstić information content (AvgIpc) is 3.77. The fraction of sp³-hybridized carbons (Fsp3) is 0.524. The van der Waals surface area contributed by atoms with Gasteiger partial charge in [-0.2, -0.15) is 0 Å². The number of hydrogen-bond donors (Lipinski definition) is 12. The van der Waals surface area contributed by atoms with Crippen molar-refractivity contribution in [2.75, 3.05) is 0 Å². The molecular weight excluding hydrogens is 816 g/mol. The van der Waals surface area contributed by atoms with Crippen molar-refractivity contribution in [3.8, 4) is 0 Å². The molecule has 20 nitrogen and oxygen atoms in total. The lowest BCUT2D eigenvalue weighted by atomic mass is 9.65. The molecule has 5 heterocycles. The number of hydrogen-bond acceptors (Lipinski definition) is 10. The molecule has 5 rings (SSSR count). The minimum atomic E-state index is -1.28. The Balaban J connectivity index is 1.96. The Labute approximate surface area is 353 Å². The molecular formula is C42H52N4O16. The molecule has 2 aromatic heterocycles. The lowest BCUT2D eigenvalue weighted by Gasteiger charge is -2.38. The van der Waals surface area contributed by atoms with E-state index in [0.29, 0.717) is 5.70 Å². The van der Waals surface area contributed by atoms with E-state index in [9.17, 15) is 79.2 Å². The molecule has 2 fully saturated rings. The maximum absolute atomic E-state index is 12.7. The maximum atomic E-state index is 12.7. The van der Waals surface area contributed by atoms with Crippen LogP contribution in [0.1, 0.15) is 105 Å². The highest BCUT2D eigenvalue weighted by Gasteiger charge is 2.56. The van der Waals surface area contributed by atoms with Gasteiger partial charge in [-0.15, -0.1) is 0 Å². The molecule has 3 aliphatic heterocycles. The number of carbonyl (C=O) groups is 8. The van der Waals surface area contributed by atoms with Crippen LogP contribution in [0.2, 0.25) is 0 Å². The molecule has 0 spiro atoms. The topological polar surface area (TPSA) is 354 Å². The van der Waals surface area contributed by atoms with Crippen molar-refractivity contribution in [2.24, 2.45) is 22.7 Å². The van der Waals surface area contributed by atoms with Crippen LogP contribution in [0, 0.1) is 22.7 Å². The SMILES string of the molecule is C[C@@]1(CC(=O)O)C2CC3NC(/C=c4\[nH]/c(c(CCC(=O)O)c4CC(=O)O)=C\c4[nH]c(c(CC(=O)O)c4CCC(=O)O)/C=C(/N2)[C@H]1CCC(=O)O)[C@@](C)(CC(=O)O)[C@@H]3CCC(=O)O. The van der Waals surface area contributed by atoms with Gasteiger partial charge in [0.25, 0.3) is 0 Å². The number of aliphatic carboxylic acids is 8. The van der Waals surface area contributed by atoms with E-state index in [1.54, 1.807) is 26.0 Å². The van der Waals surface area contributed by atoms with Gasteiger partial charge in [0.1, 0.15) is 0 Å². The van der Waals surface area contributed by atoms with Gasteiger partial charge in [0.15, 0.2) is 0 Å². The molecule has 0 saturated carbocycles.